The molecule has 0 bridgehead atoms. The van der Waals surface area contributed by atoms with Gasteiger partial charge in [0.2, 0.25) is 0 Å². The molecule has 17 heavy (non-hydrogen) atoms. The summed E-state index contributed by atoms with van der Waals surface area (Å²) in [6.07, 6.45) is 2.63. The van der Waals surface area contributed by atoms with Crippen LogP contribution in [0, 0.1) is 0 Å². The Balaban J connectivity index is 1.84. The van der Waals surface area contributed by atoms with Gasteiger partial charge in [0.1, 0.15) is 6.33 Å². The van der Waals surface area contributed by atoms with Crippen LogP contribution in [0.5, 0.6) is 0 Å². The molecular formula is C12H14N4S. The summed E-state index contributed by atoms with van der Waals surface area (Å²) in [5.41, 5.74) is 2.84. The fraction of sp³-hybridized carbons (Fsp3) is 0.333. The van der Waals surface area contributed by atoms with Crippen LogP contribution in [-0.4, -0.2) is 27.5 Å². The summed E-state index contributed by atoms with van der Waals surface area (Å²) in [7, 11) is 2.01. The Morgan fingerprint density at radius 3 is 3.06 bits per heavy atom. The summed E-state index contributed by atoms with van der Waals surface area (Å²) >= 11 is 1.76. The van der Waals surface area contributed by atoms with E-state index < -0.39 is 0 Å². The van der Waals surface area contributed by atoms with Crippen molar-refractivity contribution in [1.29, 1.82) is 0 Å². The van der Waals surface area contributed by atoms with Crippen LogP contribution in [0.4, 0.5) is 0 Å². The van der Waals surface area contributed by atoms with Crippen LogP contribution in [0.3, 0.4) is 0 Å². The van der Waals surface area contributed by atoms with Gasteiger partial charge < -0.3 is 5.32 Å². The van der Waals surface area contributed by atoms with Crippen LogP contribution in [-0.2, 0) is 6.42 Å². The first-order valence-electron chi connectivity index (χ1n) is 5.65. The highest BCUT2D eigenvalue weighted by Crippen LogP contribution is 2.39. The van der Waals surface area contributed by atoms with Gasteiger partial charge in [-0.15, -0.1) is 0 Å². The van der Waals surface area contributed by atoms with Gasteiger partial charge >= 0.3 is 0 Å². The zero-order valence-corrected chi connectivity index (χ0v) is 10.4. The van der Waals surface area contributed by atoms with Gasteiger partial charge in [-0.1, -0.05) is 36.0 Å². The quantitative estimate of drug-likeness (QED) is 0.867. The Bertz CT molecular complexity index is 495. The van der Waals surface area contributed by atoms with E-state index in [-0.39, 0.29) is 0 Å². The SMILES string of the molecule is CNC1c2ccccc2CC1Sc1ncn[nH]1. The van der Waals surface area contributed by atoms with Crippen molar-refractivity contribution in [2.45, 2.75) is 22.9 Å². The Labute approximate surface area is 104 Å². The molecule has 0 spiro atoms. The monoisotopic (exact) mass is 246 g/mol. The second-order valence-electron chi connectivity index (χ2n) is 4.12. The van der Waals surface area contributed by atoms with Gasteiger partial charge in [0.25, 0.3) is 0 Å². The minimum absolute atomic E-state index is 0.390. The van der Waals surface area contributed by atoms with Crippen molar-refractivity contribution in [3.8, 4) is 0 Å². The molecule has 88 valence electrons. The summed E-state index contributed by atoms with van der Waals surface area (Å²) in [5, 5.41) is 11.6. The van der Waals surface area contributed by atoms with Crippen LogP contribution >= 0.6 is 11.8 Å². The maximum absolute atomic E-state index is 4.18. The predicted octanol–water partition coefficient (Wildman–Crippen LogP) is 1.78. The molecule has 2 atom stereocenters. The van der Waals surface area contributed by atoms with E-state index in [2.05, 4.69) is 44.8 Å². The first-order valence-corrected chi connectivity index (χ1v) is 6.53. The molecule has 1 aromatic carbocycles. The normalized spacial score (nSPS) is 22.6. The number of thioether (sulfide) groups is 1. The van der Waals surface area contributed by atoms with E-state index in [4.69, 9.17) is 0 Å². The van der Waals surface area contributed by atoms with Crippen LogP contribution in [0.25, 0.3) is 0 Å². The number of aromatic nitrogens is 3. The van der Waals surface area contributed by atoms with Crippen LogP contribution in [0.2, 0.25) is 0 Å². The number of hydrogen-bond acceptors (Lipinski definition) is 4. The minimum atomic E-state index is 0.390. The molecule has 5 heteroatoms. The number of hydrogen-bond donors (Lipinski definition) is 2. The molecule has 0 radical (unpaired) electrons. The summed E-state index contributed by atoms with van der Waals surface area (Å²) in [4.78, 5) is 4.18. The highest BCUT2D eigenvalue weighted by Gasteiger charge is 2.32. The molecule has 2 N–H and O–H groups in total. The van der Waals surface area contributed by atoms with Gasteiger partial charge in [-0.3, -0.25) is 5.10 Å². The predicted molar refractivity (Wildman–Crippen MR) is 68.0 cm³/mol. The second kappa shape index (κ2) is 4.50. The first-order chi connectivity index (χ1) is 8.38. The largest absolute Gasteiger partial charge is 0.312 e. The van der Waals surface area contributed by atoms with Gasteiger partial charge in [-0.2, -0.15) is 5.10 Å². The first kappa shape index (κ1) is 10.8. The lowest BCUT2D eigenvalue weighted by Crippen LogP contribution is -2.23. The van der Waals surface area contributed by atoms with Crippen LogP contribution < -0.4 is 5.32 Å². The second-order valence-corrected chi connectivity index (χ2v) is 5.34. The van der Waals surface area contributed by atoms with E-state index in [1.54, 1.807) is 18.1 Å². The molecule has 4 nitrogen and oxygen atoms in total. The van der Waals surface area contributed by atoms with Crippen molar-refractivity contribution < 1.29 is 0 Å². The number of fused-ring (bicyclic) bond motifs is 1. The number of nitrogens with zero attached hydrogens (tertiary/aromatic N) is 2. The van der Waals surface area contributed by atoms with Gasteiger partial charge in [0, 0.05) is 11.3 Å². The molecular weight excluding hydrogens is 232 g/mol. The summed E-state index contributed by atoms with van der Waals surface area (Å²) in [6, 6.07) is 9.01. The van der Waals surface area contributed by atoms with Crippen molar-refractivity contribution in [2.24, 2.45) is 0 Å². The molecule has 0 amide bonds. The summed E-state index contributed by atoms with van der Waals surface area (Å²) < 4.78 is 0. The van der Waals surface area contributed by atoms with E-state index in [1.165, 1.54) is 11.1 Å². The lowest BCUT2D eigenvalue weighted by Gasteiger charge is -2.17. The van der Waals surface area contributed by atoms with E-state index in [0.717, 1.165) is 11.6 Å². The third-order valence-electron chi connectivity index (χ3n) is 3.15. The maximum Gasteiger partial charge on any atom is 0.183 e. The molecule has 1 aliphatic carbocycles. The van der Waals surface area contributed by atoms with Crippen molar-refractivity contribution in [3.63, 3.8) is 0 Å². The molecule has 0 saturated carbocycles. The van der Waals surface area contributed by atoms with E-state index >= 15 is 0 Å². The molecule has 2 aromatic rings. The van der Waals surface area contributed by atoms with Crippen molar-refractivity contribution in [1.82, 2.24) is 20.5 Å². The fourth-order valence-electron chi connectivity index (χ4n) is 2.40. The number of H-pyrrole nitrogens is 1. The number of benzene rings is 1. The lowest BCUT2D eigenvalue weighted by molar-refractivity contribution is 0.602. The average molecular weight is 246 g/mol. The zero-order chi connectivity index (χ0) is 11.7. The topological polar surface area (TPSA) is 53.6 Å². The smallest absolute Gasteiger partial charge is 0.183 e. The fourth-order valence-corrected chi connectivity index (χ4v) is 3.59. The Kier molecular flexibility index (Phi) is 2.86. The van der Waals surface area contributed by atoms with E-state index in [9.17, 15) is 0 Å². The highest BCUT2D eigenvalue weighted by molar-refractivity contribution is 7.99. The molecule has 2 unspecified atom stereocenters. The molecule has 1 aromatic heterocycles. The average Bonchev–Trinajstić information content (AvgIpc) is 2.96. The maximum atomic E-state index is 4.18. The number of rotatable bonds is 3. The van der Waals surface area contributed by atoms with Crippen molar-refractivity contribution in [2.75, 3.05) is 7.05 Å². The molecule has 0 fully saturated rings. The van der Waals surface area contributed by atoms with Gasteiger partial charge in [0.15, 0.2) is 5.16 Å². The van der Waals surface area contributed by atoms with Crippen LogP contribution in [0.1, 0.15) is 17.2 Å². The Morgan fingerprint density at radius 1 is 1.41 bits per heavy atom. The third kappa shape index (κ3) is 1.96. The molecule has 0 aliphatic heterocycles. The molecule has 1 aliphatic rings. The molecule has 1 heterocycles. The van der Waals surface area contributed by atoms with E-state index in [0.29, 0.717) is 11.3 Å². The lowest BCUT2D eigenvalue weighted by atomic mass is 10.1. The molecule has 0 saturated heterocycles. The summed E-state index contributed by atoms with van der Waals surface area (Å²) in [6.45, 7) is 0. The van der Waals surface area contributed by atoms with Gasteiger partial charge in [-0.05, 0) is 24.6 Å². The van der Waals surface area contributed by atoms with Gasteiger partial charge in [-0.25, -0.2) is 4.98 Å². The summed E-state index contributed by atoms with van der Waals surface area (Å²) in [5.74, 6) is 0. The minimum Gasteiger partial charge on any atom is -0.312 e. The van der Waals surface area contributed by atoms with Crippen molar-refractivity contribution >= 4 is 11.8 Å². The number of nitrogens with one attached hydrogen (secondary N) is 2. The van der Waals surface area contributed by atoms with Gasteiger partial charge in [0.05, 0.1) is 0 Å². The standard InChI is InChI=1S/C12H14N4S/c1-13-11-9-5-3-2-4-8(9)6-10(11)17-12-14-7-15-16-12/h2-5,7,10-11,13H,6H2,1H3,(H,14,15,16). The highest BCUT2D eigenvalue weighted by atomic mass is 32.2. The third-order valence-corrected chi connectivity index (χ3v) is 4.31. The molecule has 3 rings (SSSR count). The number of aromatic amines is 1. The Morgan fingerprint density at radius 2 is 2.29 bits per heavy atom. The van der Waals surface area contributed by atoms with Crippen molar-refractivity contribution in [3.05, 3.63) is 41.7 Å². The van der Waals surface area contributed by atoms with E-state index in [1.807, 2.05) is 7.05 Å². The Hall–Kier alpha value is -1.33. The zero-order valence-electron chi connectivity index (χ0n) is 9.55. The van der Waals surface area contributed by atoms with Crippen LogP contribution in [0.15, 0.2) is 35.7 Å².